The van der Waals surface area contributed by atoms with Crippen LogP contribution in [0.15, 0.2) is 18.2 Å². The van der Waals surface area contributed by atoms with Crippen molar-refractivity contribution in [2.45, 2.75) is 19.1 Å². The highest BCUT2D eigenvalue weighted by molar-refractivity contribution is 5.85. The first kappa shape index (κ1) is 17.6. The third-order valence-electron chi connectivity index (χ3n) is 2.39. The van der Waals surface area contributed by atoms with Crippen LogP contribution in [-0.4, -0.2) is 25.9 Å². The first-order valence-electron chi connectivity index (χ1n) is 5.41. The number of rotatable bonds is 5. The summed E-state index contributed by atoms with van der Waals surface area (Å²) in [5.74, 6) is -1.67. The summed E-state index contributed by atoms with van der Waals surface area (Å²) < 4.78 is 36.1. The van der Waals surface area contributed by atoms with Crippen molar-refractivity contribution < 1.29 is 23.0 Å². The van der Waals surface area contributed by atoms with Gasteiger partial charge in [-0.05, 0) is 24.6 Å². The molecule has 0 amide bonds. The Morgan fingerprint density at radius 3 is 2.63 bits per heavy atom. The summed E-state index contributed by atoms with van der Waals surface area (Å²) in [7, 11) is 1.28. The number of carbonyl (C=O) groups is 1. The largest absolute Gasteiger partial charge is 0.494 e. The van der Waals surface area contributed by atoms with Crippen molar-refractivity contribution in [2.75, 3.05) is 13.7 Å². The molecule has 1 rings (SSSR count). The van der Waals surface area contributed by atoms with Gasteiger partial charge in [0.15, 0.2) is 11.6 Å². The lowest BCUT2D eigenvalue weighted by atomic mass is 10.0. The van der Waals surface area contributed by atoms with Crippen LogP contribution in [0.1, 0.15) is 18.5 Å². The Kier molecular flexibility index (Phi) is 7.33. The molecule has 2 N–H and O–H groups in total. The number of hydrogen-bond acceptors (Lipinski definition) is 4. The SMILES string of the molecule is CCOC(=O)C(F)[C@H](N)c1ccc(F)c(OC)c1.Cl. The quantitative estimate of drug-likeness (QED) is 0.846. The van der Waals surface area contributed by atoms with Crippen molar-refractivity contribution in [3.63, 3.8) is 0 Å². The summed E-state index contributed by atoms with van der Waals surface area (Å²) in [6, 6.07) is 2.44. The van der Waals surface area contributed by atoms with Gasteiger partial charge in [-0.3, -0.25) is 0 Å². The van der Waals surface area contributed by atoms with Gasteiger partial charge < -0.3 is 15.2 Å². The molecule has 0 saturated carbocycles. The number of alkyl halides is 1. The summed E-state index contributed by atoms with van der Waals surface area (Å²) in [5, 5.41) is 0. The summed E-state index contributed by atoms with van der Waals surface area (Å²) in [6.45, 7) is 1.63. The van der Waals surface area contributed by atoms with E-state index in [1.165, 1.54) is 19.2 Å². The Morgan fingerprint density at radius 1 is 1.47 bits per heavy atom. The van der Waals surface area contributed by atoms with Crippen LogP contribution in [0.25, 0.3) is 0 Å². The van der Waals surface area contributed by atoms with Gasteiger partial charge in [0.05, 0.1) is 19.8 Å². The molecule has 0 fully saturated rings. The predicted molar refractivity (Wildman–Crippen MR) is 68.7 cm³/mol. The number of benzene rings is 1. The molecule has 0 aromatic heterocycles. The molecule has 0 aliphatic rings. The van der Waals surface area contributed by atoms with E-state index >= 15 is 0 Å². The minimum absolute atomic E-state index is 0. The van der Waals surface area contributed by atoms with E-state index in [1.54, 1.807) is 6.92 Å². The maximum Gasteiger partial charge on any atom is 0.342 e. The minimum atomic E-state index is -2.00. The topological polar surface area (TPSA) is 61.5 Å². The maximum absolute atomic E-state index is 13.7. The van der Waals surface area contributed by atoms with Gasteiger partial charge in [-0.2, -0.15) is 0 Å². The molecule has 0 spiro atoms. The Morgan fingerprint density at radius 2 is 2.11 bits per heavy atom. The lowest BCUT2D eigenvalue weighted by Crippen LogP contribution is -2.31. The van der Waals surface area contributed by atoms with Crippen LogP contribution in [0.5, 0.6) is 5.75 Å². The van der Waals surface area contributed by atoms with Gasteiger partial charge in [0.2, 0.25) is 6.17 Å². The van der Waals surface area contributed by atoms with Crippen LogP contribution in [0.3, 0.4) is 0 Å². The molecule has 0 heterocycles. The molecular formula is C12H16ClF2NO3. The molecule has 19 heavy (non-hydrogen) atoms. The highest BCUT2D eigenvalue weighted by Crippen LogP contribution is 2.24. The second-order valence-corrected chi connectivity index (χ2v) is 3.57. The van der Waals surface area contributed by atoms with E-state index in [9.17, 15) is 13.6 Å². The predicted octanol–water partition coefficient (Wildman–Crippen LogP) is 2.16. The van der Waals surface area contributed by atoms with E-state index in [1.807, 2.05) is 0 Å². The number of hydrogen-bond donors (Lipinski definition) is 1. The van der Waals surface area contributed by atoms with Gasteiger partial charge >= 0.3 is 5.97 Å². The molecule has 108 valence electrons. The van der Waals surface area contributed by atoms with Crippen molar-refractivity contribution in [3.05, 3.63) is 29.6 Å². The summed E-state index contributed by atoms with van der Waals surface area (Å²) in [5.41, 5.74) is 5.85. The highest BCUT2D eigenvalue weighted by Gasteiger charge is 2.28. The van der Waals surface area contributed by atoms with E-state index in [0.29, 0.717) is 0 Å². The monoisotopic (exact) mass is 295 g/mol. The fourth-order valence-corrected chi connectivity index (χ4v) is 1.42. The fraction of sp³-hybridized carbons (Fsp3) is 0.417. The van der Waals surface area contributed by atoms with Crippen LogP contribution in [0.4, 0.5) is 8.78 Å². The van der Waals surface area contributed by atoms with Gasteiger partial charge in [0, 0.05) is 0 Å². The zero-order chi connectivity index (χ0) is 13.7. The Balaban J connectivity index is 0.00000324. The maximum atomic E-state index is 13.7. The summed E-state index contributed by atoms with van der Waals surface area (Å²) >= 11 is 0. The van der Waals surface area contributed by atoms with Gasteiger partial charge in [-0.15, -0.1) is 12.4 Å². The van der Waals surface area contributed by atoms with Crippen LogP contribution >= 0.6 is 12.4 Å². The normalized spacial score (nSPS) is 13.1. The smallest absolute Gasteiger partial charge is 0.342 e. The first-order chi connectivity index (χ1) is 8.51. The van der Waals surface area contributed by atoms with Crippen molar-refractivity contribution in [2.24, 2.45) is 5.73 Å². The molecule has 0 aliphatic carbocycles. The van der Waals surface area contributed by atoms with Crippen LogP contribution in [0.2, 0.25) is 0 Å². The summed E-state index contributed by atoms with van der Waals surface area (Å²) in [4.78, 5) is 11.2. The standard InChI is InChI=1S/C12H15F2NO3.ClH/c1-3-18-12(16)10(14)11(15)7-4-5-8(13)9(6-7)17-2;/h4-6,10-11H,3,15H2,1-2H3;1H/t10?,11-;/m1./s1. The van der Waals surface area contributed by atoms with Crippen LogP contribution in [0, 0.1) is 5.82 Å². The molecule has 1 unspecified atom stereocenters. The number of halogens is 3. The minimum Gasteiger partial charge on any atom is -0.494 e. The van der Waals surface area contributed by atoms with Gasteiger partial charge in [0.1, 0.15) is 0 Å². The van der Waals surface area contributed by atoms with Crippen molar-refractivity contribution in [1.29, 1.82) is 0 Å². The third kappa shape index (κ3) is 4.33. The van der Waals surface area contributed by atoms with E-state index < -0.39 is 24.0 Å². The van der Waals surface area contributed by atoms with Gasteiger partial charge in [-0.1, -0.05) is 6.07 Å². The lowest BCUT2D eigenvalue weighted by Gasteiger charge is -2.16. The molecule has 0 radical (unpaired) electrons. The first-order valence-corrected chi connectivity index (χ1v) is 5.41. The molecule has 2 atom stereocenters. The molecule has 0 bridgehead atoms. The zero-order valence-corrected chi connectivity index (χ0v) is 11.4. The molecule has 0 aliphatic heterocycles. The number of esters is 1. The molecule has 0 saturated heterocycles. The van der Waals surface area contributed by atoms with E-state index in [2.05, 4.69) is 4.74 Å². The van der Waals surface area contributed by atoms with Gasteiger partial charge in [-0.25, -0.2) is 13.6 Å². The molecule has 7 heteroatoms. The molecular weight excluding hydrogens is 280 g/mol. The van der Waals surface area contributed by atoms with E-state index in [-0.39, 0.29) is 30.3 Å². The van der Waals surface area contributed by atoms with Crippen LogP contribution < -0.4 is 10.5 Å². The fourth-order valence-electron chi connectivity index (χ4n) is 1.42. The van der Waals surface area contributed by atoms with Crippen molar-refractivity contribution >= 4 is 18.4 Å². The molecule has 4 nitrogen and oxygen atoms in total. The number of methoxy groups -OCH3 is 1. The van der Waals surface area contributed by atoms with E-state index in [0.717, 1.165) is 6.07 Å². The Bertz CT molecular complexity index is 431. The number of ether oxygens (including phenoxy) is 2. The average molecular weight is 296 g/mol. The highest BCUT2D eigenvalue weighted by atomic mass is 35.5. The Hall–Kier alpha value is -1.40. The summed E-state index contributed by atoms with van der Waals surface area (Å²) in [6.07, 6.45) is -2.00. The molecule has 1 aromatic carbocycles. The van der Waals surface area contributed by atoms with Gasteiger partial charge in [0.25, 0.3) is 0 Å². The van der Waals surface area contributed by atoms with Crippen molar-refractivity contribution in [3.8, 4) is 5.75 Å². The lowest BCUT2D eigenvalue weighted by molar-refractivity contribution is -0.149. The second-order valence-electron chi connectivity index (χ2n) is 3.57. The average Bonchev–Trinajstić information content (AvgIpc) is 2.38. The van der Waals surface area contributed by atoms with E-state index in [4.69, 9.17) is 10.5 Å². The molecule has 1 aromatic rings. The van der Waals surface area contributed by atoms with Crippen molar-refractivity contribution in [1.82, 2.24) is 0 Å². The van der Waals surface area contributed by atoms with Crippen LogP contribution in [-0.2, 0) is 9.53 Å². The second kappa shape index (κ2) is 7.91. The third-order valence-corrected chi connectivity index (χ3v) is 2.39. The number of carbonyl (C=O) groups excluding carboxylic acids is 1. The zero-order valence-electron chi connectivity index (χ0n) is 10.6. The Labute approximate surface area is 116 Å². The number of nitrogens with two attached hydrogens (primary N) is 1.